The van der Waals surface area contributed by atoms with Crippen molar-refractivity contribution >= 4 is 16.1 Å². The van der Waals surface area contributed by atoms with E-state index in [-0.39, 0.29) is 18.8 Å². The normalized spacial score (nSPS) is 12.8. The zero-order valence-electron chi connectivity index (χ0n) is 12.2. The molecule has 8 heteroatoms. The highest BCUT2D eigenvalue weighted by atomic mass is 32.2. The van der Waals surface area contributed by atoms with E-state index in [9.17, 15) is 17.6 Å². The first-order chi connectivity index (χ1) is 10.5. The van der Waals surface area contributed by atoms with Crippen molar-refractivity contribution in [1.82, 2.24) is 0 Å². The van der Waals surface area contributed by atoms with Gasteiger partial charge in [-0.2, -0.15) is 8.42 Å². The molecule has 0 aliphatic rings. The summed E-state index contributed by atoms with van der Waals surface area (Å²) in [5.74, 6) is -0.787. The third kappa shape index (κ3) is 7.48. The third-order valence-corrected chi connectivity index (χ3v) is 3.86. The molecule has 1 aromatic rings. The van der Waals surface area contributed by atoms with Crippen LogP contribution in [0, 0.1) is 0 Å². The fraction of sp³-hybridized carbons (Fsp3) is 0.500. The van der Waals surface area contributed by atoms with Gasteiger partial charge in [-0.15, -0.1) is 0 Å². The maximum absolute atomic E-state index is 12.7. The van der Waals surface area contributed by atoms with Crippen LogP contribution in [0.25, 0.3) is 0 Å². The van der Waals surface area contributed by atoms with Gasteiger partial charge in [-0.25, -0.2) is 4.39 Å². The minimum atomic E-state index is -3.82. The first kappa shape index (κ1) is 18.5. The monoisotopic (exact) mass is 334 g/mol. The number of esters is 1. The molecule has 1 atom stereocenters. The number of benzene rings is 1. The molecule has 0 saturated carbocycles. The lowest BCUT2D eigenvalue weighted by Crippen LogP contribution is -2.26. The van der Waals surface area contributed by atoms with Crippen LogP contribution in [-0.2, 0) is 34.3 Å². The topological polar surface area (TPSA) is 78.9 Å². The van der Waals surface area contributed by atoms with Gasteiger partial charge in [0.15, 0.2) is 0 Å². The molecule has 1 rings (SSSR count). The van der Waals surface area contributed by atoms with Gasteiger partial charge in [-0.3, -0.25) is 8.98 Å². The van der Waals surface area contributed by atoms with Crippen LogP contribution in [0.15, 0.2) is 30.3 Å². The number of methoxy groups -OCH3 is 1. The van der Waals surface area contributed by atoms with Crippen LogP contribution in [0.1, 0.15) is 12.0 Å². The van der Waals surface area contributed by atoms with Crippen molar-refractivity contribution in [3.63, 3.8) is 0 Å². The molecule has 0 amide bonds. The van der Waals surface area contributed by atoms with Crippen molar-refractivity contribution in [2.24, 2.45) is 0 Å². The molecular weight excluding hydrogens is 315 g/mol. The highest BCUT2D eigenvalue weighted by molar-refractivity contribution is 7.85. The standard InChI is InChI=1S/C14H19FO6S/c1-19-14(16)7-8-20-13(9-15)10-21-22(17,18)11-12-5-3-2-4-6-12/h2-6,13H,7-11H2,1H3/t13-/m1/s1. The summed E-state index contributed by atoms with van der Waals surface area (Å²) in [6, 6.07) is 8.50. The number of carbonyl (C=O) groups excluding carboxylic acids is 1. The fourth-order valence-electron chi connectivity index (χ4n) is 1.55. The molecule has 0 saturated heterocycles. The van der Waals surface area contributed by atoms with Crippen molar-refractivity contribution in [3.8, 4) is 0 Å². The summed E-state index contributed by atoms with van der Waals surface area (Å²) in [7, 11) is -2.59. The Balaban J connectivity index is 2.39. The Morgan fingerprint density at radius 1 is 1.27 bits per heavy atom. The largest absolute Gasteiger partial charge is 0.469 e. The van der Waals surface area contributed by atoms with Gasteiger partial charge in [0.2, 0.25) is 0 Å². The second-order valence-corrected chi connectivity index (χ2v) is 6.09. The van der Waals surface area contributed by atoms with Crippen LogP contribution in [0.3, 0.4) is 0 Å². The van der Waals surface area contributed by atoms with E-state index >= 15 is 0 Å². The van der Waals surface area contributed by atoms with E-state index < -0.39 is 35.5 Å². The van der Waals surface area contributed by atoms with Gasteiger partial charge < -0.3 is 9.47 Å². The number of hydrogen-bond acceptors (Lipinski definition) is 6. The quantitative estimate of drug-likeness (QED) is 0.476. The molecule has 1 aromatic carbocycles. The average molecular weight is 334 g/mol. The molecule has 124 valence electrons. The van der Waals surface area contributed by atoms with Crippen LogP contribution in [0.5, 0.6) is 0 Å². The van der Waals surface area contributed by atoms with Crippen LogP contribution < -0.4 is 0 Å². The van der Waals surface area contributed by atoms with E-state index in [2.05, 4.69) is 4.74 Å². The van der Waals surface area contributed by atoms with Crippen molar-refractivity contribution in [2.75, 3.05) is 27.0 Å². The molecule has 6 nitrogen and oxygen atoms in total. The first-order valence-corrected chi connectivity index (χ1v) is 8.20. The molecule has 0 bridgehead atoms. The molecule has 0 aliphatic heterocycles. The molecule has 0 unspecified atom stereocenters. The van der Waals surface area contributed by atoms with Crippen LogP contribution in [0.4, 0.5) is 4.39 Å². The number of alkyl halides is 1. The highest BCUT2D eigenvalue weighted by Crippen LogP contribution is 2.08. The number of rotatable bonds is 10. The van der Waals surface area contributed by atoms with Gasteiger partial charge in [-0.1, -0.05) is 30.3 Å². The van der Waals surface area contributed by atoms with Crippen molar-refractivity contribution < 1.29 is 31.3 Å². The van der Waals surface area contributed by atoms with Gasteiger partial charge in [-0.05, 0) is 5.56 Å². The molecule has 0 spiro atoms. The van der Waals surface area contributed by atoms with Crippen LogP contribution in [-0.4, -0.2) is 47.5 Å². The number of hydrogen-bond donors (Lipinski definition) is 0. The van der Waals surface area contributed by atoms with E-state index in [1.807, 2.05) is 0 Å². The lowest BCUT2D eigenvalue weighted by Gasteiger charge is -2.14. The van der Waals surface area contributed by atoms with E-state index in [1.54, 1.807) is 30.3 Å². The lowest BCUT2D eigenvalue weighted by molar-refractivity contribution is -0.142. The van der Waals surface area contributed by atoms with Gasteiger partial charge in [0.05, 0.1) is 26.7 Å². The van der Waals surface area contributed by atoms with Crippen LogP contribution >= 0.6 is 0 Å². The lowest BCUT2D eigenvalue weighted by atomic mass is 10.2. The Labute approximate surface area is 129 Å². The summed E-state index contributed by atoms with van der Waals surface area (Å²) in [6.45, 7) is -1.42. The van der Waals surface area contributed by atoms with Crippen molar-refractivity contribution in [1.29, 1.82) is 0 Å². The van der Waals surface area contributed by atoms with Crippen LogP contribution in [0.2, 0.25) is 0 Å². The van der Waals surface area contributed by atoms with E-state index in [0.29, 0.717) is 5.56 Å². The minimum Gasteiger partial charge on any atom is -0.469 e. The molecular formula is C14H19FO6S. The maximum atomic E-state index is 12.7. The predicted molar refractivity (Wildman–Crippen MR) is 77.4 cm³/mol. The van der Waals surface area contributed by atoms with Gasteiger partial charge >= 0.3 is 5.97 Å². The van der Waals surface area contributed by atoms with E-state index in [0.717, 1.165) is 0 Å². The Kier molecular flexibility index (Phi) is 8.00. The van der Waals surface area contributed by atoms with Gasteiger partial charge in [0, 0.05) is 0 Å². The summed E-state index contributed by atoms with van der Waals surface area (Å²) in [5.41, 5.74) is 0.575. The van der Waals surface area contributed by atoms with E-state index in [1.165, 1.54) is 7.11 Å². The molecule has 22 heavy (non-hydrogen) atoms. The Bertz CT molecular complexity index is 546. The second-order valence-electron chi connectivity index (χ2n) is 4.45. The fourth-order valence-corrected chi connectivity index (χ4v) is 2.59. The van der Waals surface area contributed by atoms with Gasteiger partial charge in [0.25, 0.3) is 10.1 Å². The SMILES string of the molecule is COC(=O)CCO[C@H](CF)COS(=O)(=O)Cc1ccccc1. The number of halogens is 1. The summed E-state index contributed by atoms with van der Waals surface area (Å²) in [4.78, 5) is 10.9. The predicted octanol–water partition coefficient (Wildman–Crippen LogP) is 1.45. The molecule has 0 fully saturated rings. The van der Waals surface area contributed by atoms with Crippen molar-refractivity contribution in [2.45, 2.75) is 18.3 Å². The number of carbonyl (C=O) groups is 1. The Hall–Kier alpha value is -1.51. The Morgan fingerprint density at radius 3 is 2.55 bits per heavy atom. The first-order valence-electron chi connectivity index (χ1n) is 6.62. The zero-order chi connectivity index (χ0) is 16.4. The summed E-state index contributed by atoms with van der Waals surface area (Å²) >= 11 is 0. The summed E-state index contributed by atoms with van der Waals surface area (Å²) < 4.78 is 50.5. The molecule has 0 heterocycles. The molecule has 0 radical (unpaired) electrons. The smallest absolute Gasteiger partial charge is 0.307 e. The highest BCUT2D eigenvalue weighted by Gasteiger charge is 2.17. The zero-order valence-corrected chi connectivity index (χ0v) is 13.1. The summed E-state index contributed by atoms with van der Waals surface area (Å²) in [5, 5.41) is 0. The number of ether oxygens (including phenoxy) is 2. The average Bonchev–Trinajstić information content (AvgIpc) is 2.50. The third-order valence-electron chi connectivity index (χ3n) is 2.68. The van der Waals surface area contributed by atoms with Crippen molar-refractivity contribution in [3.05, 3.63) is 35.9 Å². The summed E-state index contributed by atoms with van der Waals surface area (Å²) in [6.07, 6.45) is -1.08. The molecule has 0 N–H and O–H groups in total. The minimum absolute atomic E-state index is 0.0379. The second kappa shape index (κ2) is 9.50. The molecule has 0 aromatic heterocycles. The maximum Gasteiger partial charge on any atom is 0.307 e. The Morgan fingerprint density at radius 2 is 1.95 bits per heavy atom. The molecule has 0 aliphatic carbocycles. The van der Waals surface area contributed by atoms with E-state index in [4.69, 9.17) is 8.92 Å². The van der Waals surface area contributed by atoms with Gasteiger partial charge in [0.1, 0.15) is 18.5 Å².